The summed E-state index contributed by atoms with van der Waals surface area (Å²) in [6, 6.07) is 7.09. The van der Waals surface area contributed by atoms with Gasteiger partial charge in [-0.15, -0.1) is 0 Å². The number of amides is 4. The van der Waals surface area contributed by atoms with Crippen LogP contribution in [0.25, 0.3) is 11.8 Å². The lowest BCUT2D eigenvalue weighted by Gasteiger charge is -2.22. The van der Waals surface area contributed by atoms with E-state index in [9.17, 15) is 24.5 Å². The van der Waals surface area contributed by atoms with Crippen LogP contribution in [0.5, 0.6) is 0 Å². The van der Waals surface area contributed by atoms with Gasteiger partial charge in [0.1, 0.15) is 5.57 Å². The molecule has 0 aliphatic carbocycles. The SMILES string of the molecule is Cc1cc(/C=C2/C(=O)NC(=O)N(C)C2=O)c(C)n1-c1ccc([N+](=O)[O-])cc1. The average molecular weight is 368 g/mol. The van der Waals surface area contributed by atoms with Gasteiger partial charge in [0.25, 0.3) is 17.5 Å². The van der Waals surface area contributed by atoms with Crippen molar-refractivity contribution in [2.24, 2.45) is 0 Å². The molecule has 3 rings (SSSR count). The van der Waals surface area contributed by atoms with E-state index in [0.717, 1.165) is 16.3 Å². The Kier molecular flexibility index (Phi) is 4.36. The van der Waals surface area contributed by atoms with Crippen LogP contribution < -0.4 is 5.32 Å². The van der Waals surface area contributed by atoms with Crippen molar-refractivity contribution in [1.82, 2.24) is 14.8 Å². The van der Waals surface area contributed by atoms with Crippen molar-refractivity contribution in [1.29, 1.82) is 0 Å². The highest BCUT2D eigenvalue weighted by Crippen LogP contribution is 2.25. The number of nitro groups is 1. The fraction of sp³-hybridized carbons (Fsp3) is 0.167. The zero-order chi connectivity index (χ0) is 19.9. The second-order valence-corrected chi connectivity index (χ2v) is 6.12. The van der Waals surface area contributed by atoms with Gasteiger partial charge in [-0.1, -0.05) is 0 Å². The van der Waals surface area contributed by atoms with Crippen LogP contribution in [0.3, 0.4) is 0 Å². The molecule has 1 saturated heterocycles. The molecule has 9 heteroatoms. The lowest BCUT2D eigenvalue weighted by atomic mass is 10.1. The smallest absolute Gasteiger partial charge is 0.318 e. The van der Waals surface area contributed by atoms with E-state index in [-0.39, 0.29) is 11.3 Å². The summed E-state index contributed by atoms with van der Waals surface area (Å²) in [4.78, 5) is 46.9. The van der Waals surface area contributed by atoms with E-state index in [1.165, 1.54) is 25.3 Å². The molecule has 0 radical (unpaired) electrons. The molecule has 1 aliphatic heterocycles. The van der Waals surface area contributed by atoms with Crippen LogP contribution in [0.2, 0.25) is 0 Å². The Balaban J connectivity index is 2.03. The molecular weight excluding hydrogens is 352 g/mol. The Bertz CT molecular complexity index is 1020. The van der Waals surface area contributed by atoms with Crippen LogP contribution in [-0.4, -0.2) is 39.3 Å². The number of carbonyl (C=O) groups is 3. The molecule has 0 saturated carbocycles. The highest BCUT2D eigenvalue weighted by molar-refractivity contribution is 6.30. The van der Waals surface area contributed by atoms with Crippen molar-refractivity contribution in [3.8, 4) is 5.69 Å². The van der Waals surface area contributed by atoms with Crippen LogP contribution >= 0.6 is 0 Å². The molecule has 1 aliphatic rings. The van der Waals surface area contributed by atoms with E-state index >= 15 is 0 Å². The van der Waals surface area contributed by atoms with Gasteiger partial charge in [-0.05, 0) is 43.7 Å². The average Bonchev–Trinajstić information content (AvgIpc) is 2.90. The number of imide groups is 2. The Morgan fingerprint density at radius 2 is 1.74 bits per heavy atom. The van der Waals surface area contributed by atoms with Crippen LogP contribution in [0.4, 0.5) is 10.5 Å². The van der Waals surface area contributed by atoms with E-state index in [1.807, 2.05) is 11.5 Å². The van der Waals surface area contributed by atoms with E-state index in [0.29, 0.717) is 11.3 Å². The van der Waals surface area contributed by atoms with Crippen molar-refractivity contribution in [2.45, 2.75) is 13.8 Å². The van der Waals surface area contributed by atoms with Gasteiger partial charge in [0.15, 0.2) is 0 Å². The molecule has 1 N–H and O–H groups in total. The van der Waals surface area contributed by atoms with Gasteiger partial charge < -0.3 is 4.57 Å². The Morgan fingerprint density at radius 3 is 2.33 bits per heavy atom. The largest absolute Gasteiger partial charge is 0.331 e. The summed E-state index contributed by atoms with van der Waals surface area (Å²) in [5, 5.41) is 12.9. The highest BCUT2D eigenvalue weighted by atomic mass is 16.6. The van der Waals surface area contributed by atoms with E-state index < -0.39 is 22.8 Å². The first-order valence-electron chi connectivity index (χ1n) is 7.99. The summed E-state index contributed by atoms with van der Waals surface area (Å²) in [5.41, 5.74) is 2.76. The lowest BCUT2D eigenvalue weighted by Crippen LogP contribution is -2.52. The van der Waals surface area contributed by atoms with Crippen molar-refractivity contribution >= 4 is 29.6 Å². The molecule has 138 valence electrons. The van der Waals surface area contributed by atoms with Crippen molar-refractivity contribution in [2.75, 3.05) is 7.05 Å². The maximum absolute atomic E-state index is 12.2. The number of hydrogen-bond acceptors (Lipinski definition) is 5. The van der Waals surface area contributed by atoms with E-state index in [4.69, 9.17) is 0 Å². The normalized spacial score (nSPS) is 16.0. The number of benzene rings is 1. The van der Waals surface area contributed by atoms with Gasteiger partial charge in [-0.2, -0.15) is 0 Å². The summed E-state index contributed by atoms with van der Waals surface area (Å²) in [6.07, 6.45) is 1.44. The van der Waals surface area contributed by atoms with Gasteiger partial charge in [-0.25, -0.2) is 4.79 Å². The number of carbonyl (C=O) groups excluding carboxylic acids is 3. The molecule has 0 bridgehead atoms. The number of aryl methyl sites for hydroxylation is 1. The van der Waals surface area contributed by atoms with E-state index in [1.54, 1.807) is 25.1 Å². The van der Waals surface area contributed by atoms with Crippen molar-refractivity contribution < 1.29 is 19.3 Å². The first-order valence-corrected chi connectivity index (χ1v) is 7.99. The predicted molar refractivity (Wildman–Crippen MR) is 96.2 cm³/mol. The zero-order valence-corrected chi connectivity index (χ0v) is 14.8. The molecule has 27 heavy (non-hydrogen) atoms. The number of hydrogen-bond donors (Lipinski definition) is 1. The van der Waals surface area contributed by atoms with Crippen LogP contribution in [0.1, 0.15) is 17.0 Å². The first-order chi connectivity index (χ1) is 12.7. The number of non-ortho nitro benzene ring substituents is 1. The van der Waals surface area contributed by atoms with E-state index in [2.05, 4.69) is 5.32 Å². The molecule has 1 aromatic carbocycles. The number of nitrogens with zero attached hydrogens (tertiary/aromatic N) is 3. The standard InChI is InChI=1S/C18H16N4O5/c1-10-8-12(9-15-16(23)19-18(25)20(3)17(15)24)11(2)21(10)13-4-6-14(7-5-13)22(26)27/h4-9H,1-3H3,(H,19,23,25)/b15-9-. The minimum absolute atomic E-state index is 0.0132. The number of barbiturate groups is 1. The number of likely N-dealkylation sites (N-methyl/N-ethyl adjacent to an activating group) is 1. The number of nitro benzene ring substituents is 1. The molecule has 1 aromatic heterocycles. The minimum Gasteiger partial charge on any atom is -0.318 e. The van der Waals surface area contributed by atoms with Crippen LogP contribution in [-0.2, 0) is 9.59 Å². The molecule has 4 amide bonds. The van der Waals surface area contributed by atoms with Crippen LogP contribution in [0, 0.1) is 24.0 Å². The number of urea groups is 1. The Labute approximate surface area is 154 Å². The van der Waals surface area contributed by atoms with Crippen molar-refractivity contribution in [3.63, 3.8) is 0 Å². The zero-order valence-electron chi connectivity index (χ0n) is 14.8. The quantitative estimate of drug-likeness (QED) is 0.386. The minimum atomic E-state index is -0.765. The third kappa shape index (κ3) is 3.10. The Hall–Kier alpha value is -3.75. The number of rotatable bonds is 3. The van der Waals surface area contributed by atoms with Gasteiger partial charge in [0, 0.05) is 36.3 Å². The molecular formula is C18H16N4O5. The molecule has 0 atom stereocenters. The first kappa shape index (κ1) is 18.1. The molecule has 1 fully saturated rings. The fourth-order valence-electron chi connectivity index (χ4n) is 2.96. The summed E-state index contributed by atoms with van der Waals surface area (Å²) in [7, 11) is 1.29. The van der Waals surface area contributed by atoms with Gasteiger partial charge in [0.2, 0.25) is 0 Å². The maximum Gasteiger partial charge on any atom is 0.331 e. The molecule has 9 nitrogen and oxygen atoms in total. The summed E-state index contributed by atoms with van der Waals surface area (Å²) < 4.78 is 1.86. The van der Waals surface area contributed by atoms with Gasteiger partial charge in [-0.3, -0.25) is 29.9 Å². The number of nitrogens with one attached hydrogen (secondary N) is 1. The van der Waals surface area contributed by atoms with Gasteiger partial charge in [0.05, 0.1) is 4.92 Å². The predicted octanol–water partition coefficient (Wildman–Crippen LogP) is 2.09. The summed E-state index contributed by atoms with van der Waals surface area (Å²) in [5.74, 6) is -1.42. The molecule has 2 aromatic rings. The topological polar surface area (TPSA) is 115 Å². The van der Waals surface area contributed by atoms with Crippen molar-refractivity contribution in [3.05, 3.63) is 63.0 Å². The molecule has 0 spiro atoms. The van der Waals surface area contributed by atoms with Crippen LogP contribution in [0.15, 0.2) is 35.9 Å². The third-order valence-corrected chi connectivity index (χ3v) is 4.39. The second kappa shape index (κ2) is 6.52. The van der Waals surface area contributed by atoms with Gasteiger partial charge >= 0.3 is 6.03 Å². The summed E-state index contributed by atoms with van der Waals surface area (Å²) in [6.45, 7) is 3.65. The molecule has 2 heterocycles. The fourth-order valence-corrected chi connectivity index (χ4v) is 2.96. The molecule has 0 unspecified atom stereocenters. The third-order valence-electron chi connectivity index (χ3n) is 4.39. The maximum atomic E-state index is 12.2. The monoisotopic (exact) mass is 368 g/mol. The Morgan fingerprint density at radius 1 is 1.11 bits per heavy atom. The summed E-state index contributed by atoms with van der Waals surface area (Å²) >= 11 is 0. The second-order valence-electron chi connectivity index (χ2n) is 6.12. The lowest BCUT2D eigenvalue weighted by molar-refractivity contribution is -0.384. The highest BCUT2D eigenvalue weighted by Gasteiger charge is 2.33. The number of aromatic nitrogens is 1.